The highest BCUT2D eigenvalue weighted by molar-refractivity contribution is 5.95. The van der Waals surface area contributed by atoms with Crippen LogP contribution in [0.25, 0.3) is 0 Å². The smallest absolute Gasteiger partial charge is 0.261 e. The molecule has 0 radical (unpaired) electrons. The summed E-state index contributed by atoms with van der Waals surface area (Å²) < 4.78 is 11.0. The Morgan fingerprint density at radius 1 is 1.07 bits per heavy atom. The fourth-order valence-corrected chi connectivity index (χ4v) is 4.42. The molecule has 0 bridgehead atoms. The summed E-state index contributed by atoms with van der Waals surface area (Å²) >= 11 is 0. The molecule has 3 aliphatic heterocycles. The predicted octanol–water partition coefficient (Wildman–Crippen LogP) is 1.08. The number of aromatic amines is 1. The summed E-state index contributed by atoms with van der Waals surface area (Å²) in [5.41, 5.74) is 1.58. The van der Waals surface area contributed by atoms with Gasteiger partial charge in [-0.25, -0.2) is 0 Å². The van der Waals surface area contributed by atoms with Crippen LogP contribution >= 0.6 is 0 Å². The SMILES string of the molecule is O=C(CC1COCCO1)N1CCc2c(c[nH]c(=O)c2C(=O)N2CCCCCC2)C1. The molecule has 3 aliphatic rings. The molecule has 2 saturated heterocycles. The van der Waals surface area contributed by atoms with E-state index in [4.69, 9.17) is 9.47 Å². The molecule has 1 aromatic rings. The number of rotatable bonds is 3. The van der Waals surface area contributed by atoms with Gasteiger partial charge in [-0.15, -0.1) is 0 Å². The highest BCUT2D eigenvalue weighted by Crippen LogP contribution is 2.23. The third-order valence-electron chi connectivity index (χ3n) is 6.03. The Balaban J connectivity index is 1.49. The number of aromatic nitrogens is 1. The topological polar surface area (TPSA) is 91.9 Å². The van der Waals surface area contributed by atoms with Crippen molar-refractivity contribution in [3.8, 4) is 0 Å². The zero-order valence-corrected chi connectivity index (χ0v) is 16.8. The quantitative estimate of drug-likeness (QED) is 0.816. The van der Waals surface area contributed by atoms with E-state index in [0.717, 1.165) is 36.8 Å². The van der Waals surface area contributed by atoms with Crippen LogP contribution in [0.2, 0.25) is 0 Å². The van der Waals surface area contributed by atoms with Gasteiger partial charge >= 0.3 is 0 Å². The number of nitrogens with one attached hydrogen (secondary N) is 1. The van der Waals surface area contributed by atoms with Crippen molar-refractivity contribution in [2.24, 2.45) is 0 Å². The second-order valence-electron chi connectivity index (χ2n) is 8.04. The van der Waals surface area contributed by atoms with E-state index in [1.807, 2.05) is 4.90 Å². The fraction of sp³-hybridized carbons (Fsp3) is 0.667. The minimum Gasteiger partial charge on any atom is -0.376 e. The number of nitrogens with zero attached hydrogens (tertiary/aromatic N) is 2. The Labute approximate surface area is 170 Å². The standard InChI is InChI=1S/C21H29N3O5/c25-18(11-16-14-28-9-10-29-16)24-8-5-17-15(13-24)12-22-20(26)19(17)21(27)23-6-3-1-2-4-7-23/h12,16H,1-11,13-14H2,(H,22,26). The van der Waals surface area contributed by atoms with Crippen LogP contribution in [0.5, 0.6) is 0 Å². The van der Waals surface area contributed by atoms with Crippen LogP contribution in [0.3, 0.4) is 0 Å². The molecule has 4 rings (SSSR count). The normalized spacial score (nSPS) is 22.7. The number of hydrogen-bond acceptors (Lipinski definition) is 5. The number of likely N-dealkylation sites (tertiary alicyclic amines) is 1. The monoisotopic (exact) mass is 403 g/mol. The summed E-state index contributed by atoms with van der Waals surface area (Å²) in [6.45, 7) is 3.85. The lowest BCUT2D eigenvalue weighted by Gasteiger charge is -2.32. The van der Waals surface area contributed by atoms with Crippen molar-refractivity contribution in [3.05, 3.63) is 33.2 Å². The molecule has 4 heterocycles. The fourth-order valence-electron chi connectivity index (χ4n) is 4.42. The van der Waals surface area contributed by atoms with Gasteiger partial charge in [-0.1, -0.05) is 12.8 Å². The van der Waals surface area contributed by atoms with Crippen molar-refractivity contribution >= 4 is 11.8 Å². The molecular weight excluding hydrogens is 374 g/mol. The molecule has 1 aromatic heterocycles. The van der Waals surface area contributed by atoms with Gasteiger partial charge in [-0.3, -0.25) is 14.4 Å². The number of pyridine rings is 1. The van der Waals surface area contributed by atoms with Crippen LogP contribution in [0, 0.1) is 0 Å². The maximum atomic E-state index is 13.1. The van der Waals surface area contributed by atoms with Gasteiger partial charge in [0.2, 0.25) is 5.91 Å². The zero-order chi connectivity index (χ0) is 20.2. The highest BCUT2D eigenvalue weighted by atomic mass is 16.6. The highest BCUT2D eigenvalue weighted by Gasteiger charge is 2.30. The van der Waals surface area contributed by atoms with Crippen LogP contribution in [0.4, 0.5) is 0 Å². The molecule has 2 amide bonds. The number of fused-ring (bicyclic) bond motifs is 1. The molecule has 0 saturated carbocycles. The van der Waals surface area contributed by atoms with Crippen molar-refractivity contribution in [3.63, 3.8) is 0 Å². The van der Waals surface area contributed by atoms with Gasteiger partial charge in [0.05, 0.1) is 32.3 Å². The first-order valence-corrected chi connectivity index (χ1v) is 10.6. The molecule has 29 heavy (non-hydrogen) atoms. The third-order valence-corrected chi connectivity index (χ3v) is 6.03. The first-order valence-electron chi connectivity index (χ1n) is 10.6. The van der Waals surface area contributed by atoms with Gasteiger partial charge in [-0.05, 0) is 30.4 Å². The van der Waals surface area contributed by atoms with Crippen molar-refractivity contribution in [2.75, 3.05) is 39.5 Å². The lowest BCUT2D eigenvalue weighted by molar-refractivity contribution is -0.141. The van der Waals surface area contributed by atoms with E-state index in [1.165, 1.54) is 0 Å². The summed E-state index contributed by atoms with van der Waals surface area (Å²) in [5.74, 6) is -0.157. The van der Waals surface area contributed by atoms with Gasteiger partial charge in [0, 0.05) is 32.4 Å². The van der Waals surface area contributed by atoms with Crippen molar-refractivity contribution < 1.29 is 19.1 Å². The molecule has 1 atom stereocenters. The Morgan fingerprint density at radius 2 is 1.86 bits per heavy atom. The van der Waals surface area contributed by atoms with Crippen molar-refractivity contribution in [1.29, 1.82) is 0 Å². The molecule has 1 N–H and O–H groups in total. The van der Waals surface area contributed by atoms with Gasteiger partial charge in [0.1, 0.15) is 5.56 Å². The zero-order valence-electron chi connectivity index (χ0n) is 16.8. The third kappa shape index (κ3) is 4.53. The number of carbonyl (C=O) groups is 2. The summed E-state index contributed by atoms with van der Waals surface area (Å²) in [4.78, 5) is 44.6. The molecule has 2 fully saturated rings. The molecule has 8 nitrogen and oxygen atoms in total. The van der Waals surface area contributed by atoms with Crippen LogP contribution in [0.15, 0.2) is 11.0 Å². The van der Waals surface area contributed by atoms with Gasteiger partial charge in [0.25, 0.3) is 11.5 Å². The minimum absolute atomic E-state index is 0.0118. The molecular formula is C21H29N3O5. The molecule has 0 aromatic carbocycles. The van der Waals surface area contributed by atoms with Crippen molar-refractivity contribution in [1.82, 2.24) is 14.8 Å². The van der Waals surface area contributed by atoms with Crippen LogP contribution < -0.4 is 5.56 Å². The second kappa shape index (κ2) is 9.09. The maximum absolute atomic E-state index is 13.1. The van der Waals surface area contributed by atoms with E-state index in [0.29, 0.717) is 52.4 Å². The van der Waals surface area contributed by atoms with E-state index < -0.39 is 0 Å². The van der Waals surface area contributed by atoms with Crippen molar-refractivity contribution in [2.45, 2.75) is 51.2 Å². The maximum Gasteiger partial charge on any atom is 0.261 e. The predicted molar refractivity (Wildman–Crippen MR) is 106 cm³/mol. The van der Waals surface area contributed by atoms with Crippen LogP contribution in [-0.2, 0) is 27.2 Å². The molecule has 158 valence electrons. The average Bonchev–Trinajstić information content (AvgIpc) is 3.03. The molecule has 1 unspecified atom stereocenters. The van der Waals surface area contributed by atoms with E-state index in [-0.39, 0.29) is 35.5 Å². The summed E-state index contributed by atoms with van der Waals surface area (Å²) in [6.07, 6.45) is 6.46. The van der Waals surface area contributed by atoms with Crippen LogP contribution in [-0.4, -0.2) is 72.2 Å². The number of hydrogen-bond donors (Lipinski definition) is 1. The number of amides is 2. The average molecular weight is 403 g/mol. The number of H-pyrrole nitrogens is 1. The van der Waals surface area contributed by atoms with E-state index >= 15 is 0 Å². The minimum atomic E-state index is -0.328. The van der Waals surface area contributed by atoms with Gasteiger partial charge in [0.15, 0.2) is 0 Å². The van der Waals surface area contributed by atoms with Gasteiger partial charge in [-0.2, -0.15) is 0 Å². The Kier molecular flexibility index (Phi) is 6.30. The lowest BCUT2D eigenvalue weighted by Crippen LogP contribution is -2.42. The van der Waals surface area contributed by atoms with E-state index in [1.54, 1.807) is 11.1 Å². The largest absolute Gasteiger partial charge is 0.376 e. The number of ether oxygens (including phenoxy) is 2. The Morgan fingerprint density at radius 3 is 2.59 bits per heavy atom. The Hall–Kier alpha value is -2.19. The van der Waals surface area contributed by atoms with Gasteiger partial charge < -0.3 is 24.3 Å². The first kappa shape index (κ1) is 20.1. The molecule has 0 aliphatic carbocycles. The summed E-state index contributed by atoms with van der Waals surface area (Å²) in [5, 5.41) is 0. The lowest BCUT2D eigenvalue weighted by atomic mass is 9.95. The summed E-state index contributed by atoms with van der Waals surface area (Å²) in [6, 6.07) is 0. The van der Waals surface area contributed by atoms with E-state index in [2.05, 4.69) is 4.98 Å². The van der Waals surface area contributed by atoms with E-state index in [9.17, 15) is 14.4 Å². The Bertz CT molecular complexity index is 807. The molecule has 0 spiro atoms. The van der Waals surface area contributed by atoms with Crippen LogP contribution in [0.1, 0.15) is 53.6 Å². The first-order chi connectivity index (χ1) is 14.1. The second-order valence-corrected chi connectivity index (χ2v) is 8.04. The molecule has 8 heteroatoms. The summed E-state index contributed by atoms with van der Waals surface area (Å²) in [7, 11) is 0. The number of carbonyl (C=O) groups excluding carboxylic acids is 2.